The Labute approximate surface area is 93.3 Å². The van der Waals surface area contributed by atoms with Gasteiger partial charge >= 0.3 is 5.97 Å². The average Bonchev–Trinajstić information content (AvgIpc) is 2.57. The molecule has 2 rings (SSSR count). The van der Waals surface area contributed by atoms with Crippen molar-refractivity contribution in [3.8, 4) is 0 Å². The lowest BCUT2D eigenvalue weighted by molar-refractivity contribution is -0.139. The van der Waals surface area contributed by atoms with Gasteiger partial charge in [-0.1, -0.05) is 18.2 Å². The fourth-order valence-electron chi connectivity index (χ4n) is 2.06. The third kappa shape index (κ3) is 1.57. The average molecular weight is 218 g/mol. The van der Waals surface area contributed by atoms with Gasteiger partial charge in [0.2, 0.25) is 0 Å². The van der Waals surface area contributed by atoms with E-state index in [1.807, 2.05) is 31.2 Å². The Balaban J connectivity index is 2.66. The molecule has 0 fully saturated rings. The summed E-state index contributed by atoms with van der Waals surface area (Å²) in [6, 6.07) is 7.04. The molecule has 0 aliphatic heterocycles. The number of fused-ring (bicyclic) bond motifs is 1. The van der Waals surface area contributed by atoms with Gasteiger partial charge in [-0.05, 0) is 20.0 Å². The minimum absolute atomic E-state index is 0.670. The summed E-state index contributed by atoms with van der Waals surface area (Å²) in [6.45, 7) is 1.89. The maximum absolute atomic E-state index is 11.1. The predicted octanol–water partition coefficient (Wildman–Crippen LogP) is 1.82. The molecular formula is C12H14N2O2. The summed E-state index contributed by atoms with van der Waals surface area (Å²) in [7, 11) is 1.65. The van der Waals surface area contributed by atoms with Gasteiger partial charge in [-0.25, -0.2) is 0 Å². The van der Waals surface area contributed by atoms with Gasteiger partial charge in [-0.2, -0.15) is 0 Å². The molecule has 0 saturated carbocycles. The number of H-pyrrole nitrogens is 1. The zero-order valence-electron chi connectivity index (χ0n) is 9.24. The number of carboxylic acid groups (broad SMARTS) is 1. The molecule has 4 heteroatoms. The van der Waals surface area contributed by atoms with E-state index in [9.17, 15) is 4.79 Å². The monoisotopic (exact) mass is 218 g/mol. The molecule has 0 radical (unpaired) electrons. The second kappa shape index (κ2) is 3.98. The van der Waals surface area contributed by atoms with Crippen LogP contribution in [0.2, 0.25) is 0 Å². The molecule has 1 aromatic heterocycles. The van der Waals surface area contributed by atoms with Crippen molar-refractivity contribution in [1.29, 1.82) is 0 Å². The van der Waals surface area contributed by atoms with E-state index in [-0.39, 0.29) is 0 Å². The molecule has 16 heavy (non-hydrogen) atoms. The van der Waals surface area contributed by atoms with Crippen LogP contribution in [0.4, 0.5) is 0 Å². The highest BCUT2D eigenvalue weighted by molar-refractivity contribution is 5.90. The number of para-hydroxylation sites is 1. The van der Waals surface area contributed by atoms with Crippen LogP contribution in [0.15, 0.2) is 24.3 Å². The predicted molar refractivity (Wildman–Crippen MR) is 62.5 cm³/mol. The van der Waals surface area contributed by atoms with Crippen LogP contribution >= 0.6 is 0 Å². The standard InChI is InChI=1S/C12H14N2O2/c1-7-10(11(13-2)12(15)16)8-5-3-4-6-9(8)14-7/h3-6,11,13-14H,1-2H3,(H,15,16). The Hall–Kier alpha value is -1.81. The number of aromatic nitrogens is 1. The molecule has 3 N–H and O–H groups in total. The van der Waals surface area contributed by atoms with Crippen LogP contribution in [0, 0.1) is 6.92 Å². The van der Waals surface area contributed by atoms with Gasteiger partial charge < -0.3 is 15.4 Å². The zero-order valence-corrected chi connectivity index (χ0v) is 9.24. The van der Waals surface area contributed by atoms with Crippen LogP contribution in [0.1, 0.15) is 17.3 Å². The van der Waals surface area contributed by atoms with Gasteiger partial charge in [0.15, 0.2) is 0 Å². The van der Waals surface area contributed by atoms with Gasteiger partial charge in [0.05, 0.1) is 0 Å². The van der Waals surface area contributed by atoms with E-state index < -0.39 is 12.0 Å². The molecule has 1 unspecified atom stereocenters. The normalized spacial score (nSPS) is 12.9. The molecule has 2 aromatic rings. The number of rotatable bonds is 3. The lowest BCUT2D eigenvalue weighted by atomic mass is 10.0. The number of hydrogen-bond acceptors (Lipinski definition) is 2. The first-order valence-corrected chi connectivity index (χ1v) is 5.12. The summed E-state index contributed by atoms with van der Waals surface area (Å²) in [6.07, 6.45) is 0. The fourth-order valence-corrected chi connectivity index (χ4v) is 2.06. The van der Waals surface area contributed by atoms with Gasteiger partial charge in [0.1, 0.15) is 6.04 Å². The summed E-state index contributed by atoms with van der Waals surface area (Å²) < 4.78 is 0. The Morgan fingerprint density at radius 2 is 2.12 bits per heavy atom. The van der Waals surface area contributed by atoms with Crippen LogP contribution in [-0.2, 0) is 4.79 Å². The van der Waals surface area contributed by atoms with Gasteiger partial charge in [0.25, 0.3) is 0 Å². The minimum Gasteiger partial charge on any atom is -0.480 e. The highest BCUT2D eigenvalue weighted by Crippen LogP contribution is 2.27. The number of hydrogen-bond donors (Lipinski definition) is 3. The second-order valence-corrected chi connectivity index (χ2v) is 3.77. The van der Waals surface area contributed by atoms with Crippen molar-refractivity contribution in [1.82, 2.24) is 10.3 Å². The summed E-state index contributed by atoms with van der Waals surface area (Å²) >= 11 is 0. The first kappa shape index (κ1) is 10.7. The molecule has 0 aliphatic carbocycles. The van der Waals surface area contributed by atoms with E-state index in [1.165, 1.54) is 0 Å². The van der Waals surface area contributed by atoms with Crippen molar-refractivity contribution < 1.29 is 9.90 Å². The number of benzene rings is 1. The van der Waals surface area contributed by atoms with Crippen molar-refractivity contribution in [3.05, 3.63) is 35.5 Å². The topological polar surface area (TPSA) is 65.1 Å². The molecule has 0 amide bonds. The third-order valence-electron chi connectivity index (χ3n) is 2.77. The molecule has 1 heterocycles. The lowest BCUT2D eigenvalue weighted by Crippen LogP contribution is -2.25. The Morgan fingerprint density at radius 1 is 1.44 bits per heavy atom. The Bertz CT molecular complexity index is 531. The van der Waals surface area contributed by atoms with Crippen molar-refractivity contribution in [2.24, 2.45) is 0 Å². The quantitative estimate of drug-likeness (QED) is 0.736. The van der Waals surface area contributed by atoms with Crippen LogP contribution < -0.4 is 5.32 Å². The highest BCUT2D eigenvalue weighted by Gasteiger charge is 2.23. The zero-order chi connectivity index (χ0) is 11.7. The summed E-state index contributed by atoms with van der Waals surface area (Å²) in [4.78, 5) is 14.3. The second-order valence-electron chi connectivity index (χ2n) is 3.77. The number of likely N-dealkylation sites (N-methyl/N-ethyl adjacent to an activating group) is 1. The van der Waals surface area contributed by atoms with Gasteiger partial charge in [0, 0.05) is 22.2 Å². The minimum atomic E-state index is -0.865. The highest BCUT2D eigenvalue weighted by atomic mass is 16.4. The summed E-state index contributed by atoms with van der Waals surface area (Å²) in [5.41, 5.74) is 2.67. The smallest absolute Gasteiger partial charge is 0.325 e. The van der Waals surface area contributed by atoms with Gasteiger partial charge in [-0.3, -0.25) is 4.79 Å². The van der Waals surface area contributed by atoms with Gasteiger partial charge in [-0.15, -0.1) is 0 Å². The molecule has 84 valence electrons. The van der Waals surface area contributed by atoms with Crippen molar-refractivity contribution >= 4 is 16.9 Å². The maximum Gasteiger partial charge on any atom is 0.325 e. The maximum atomic E-state index is 11.1. The first-order valence-electron chi connectivity index (χ1n) is 5.12. The van der Waals surface area contributed by atoms with Crippen LogP contribution in [-0.4, -0.2) is 23.1 Å². The molecule has 4 nitrogen and oxygen atoms in total. The molecule has 1 aromatic carbocycles. The molecule has 0 bridgehead atoms. The SMILES string of the molecule is CNC(C(=O)O)c1c(C)[nH]c2ccccc12. The number of nitrogens with one attached hydrogen (secondary N) is 2. The van der Waals surface area contributed by atoms with Crippen LogP contribution in [0.25, 0.3) is 10.9 Å². The number of aliphatic carboxylic acids is 1. The van der Waals surface area contributed by atoms with E-state index in [0.717, 1.165) is 22.2 Å². The van der Waals surface area contributed by atoms with Crippen molar-refractivity contribution in [2.75, 3.05) is 7.05 Å². The summed E-state index contributed by atoms with van der Waals surface area (Å²) in [5.74, 6) is -0.865. The Kier molecular flexibility index (Phi) is 2.66. The van der Waals surface area contributed by atoms with Crippen molar-refractivity contribution in [2.45, 2.75) is 13.0 Å². The first-order chi connectivity index (χ1) is 7.65. The van der Waals surface area contributed by atoms with Crippen LogP contribution in [0.5, 0.6) is 0 Å². The third-order valence-corrected chi connectivity index (χ3v) is 2.77. The van der Waals surface area contributed by atoms with E-state index in [1.54, 1.807) is 7.05 Å². The number of carbonyl (C=O) groups is 1. The van der Waals surface area contributed by atoms with E-state index in [0.29, 0.717) is 0 Å². The molecule has 0 saturated heterocycles. The number of aromatic amines is 1. The molecule has 1 atom stereocenters. The Morgan fingerprint density at radius 3 is 2.75 bits per heavy atom. The lowest BCUT2D eigenvalue weighted by Gasteiger charge is -2.11. The molecule has 0 spiro atoms. The number of carboxylic acids is 1. The molecular weight excluding hydrogens is 204 g/mol. The molecule has 0 aliphatic rings. The van der Waals surface area contributed by atoms with Crippen LogP contribution in [0.3, 0.4) is 0 Å². The number of aryl methyl sites for hydroxylation is 1. The van der Waals surface area contributed by atoms with E-state index in [2.05, 4.69) is 10.3 Å². The largest absolute Gasteiger partial charge is 0.480 e. The van der Waals surface area contributed by atoms with E-state index >= 15 is 0 Å². The van der Waals surface area contributed by atoms with E-state index in [4.69, 9.17) is 5.11 Å². The van der Waals surface area contributed by atoms with Crippen molar-refractivity contribution in [3.63, 3.8) is 0 Å². The fraction of sp³-hybridized carbons (Fsp3) is 0.250. The summed E-state index contributed by atoms with van der Waals surface area (Å²) in [5, 5.41) is 12.9.